The van der Waals surface area contributed by atoms with Crippen molar-refractivity contribution in [1.82, 2.24) is 5.32 Å². The number of methoxy groups -OCH3 is 2. The van der Waals surface area contributed by atoms with Crippen molar-refractivity contribution in [3.8, 4) is 11.5 Å². The molecule has 7 heteroatoms. The van der Waals surface area contributed by atoms with E-state index in [1.165, 1.54) is 0 Å². The van der Waals surface area contributed by atoms with Crippen LogP contribution in [0.1, 0.15) is 25.8 Å². The van der Waals surface area contributed by atoms with Crippen LogP contribution in [0.15, 0.2) is 16.6 Å². The van der Waals surface area contributed by atoms with Crippen molar-refractivity contribution in [1.29, 1.82) is 0 Å². The van der Waals surface area contributed by atoms with Crippen molar-refractivity contribution in [2.45, 2.75) is 32.9 Å². The number of benzene rings is 1. The van der Waals surface area contributed by atoms with Gasteiger partial charge in [-0.25, -0.2) is 0 Å². The van der Waals surface area contributed by atoms with E-state index in [0.717, 1.165) is 10.0 Å². The first-order valence-corrected chi connectivity index (χ1v) is 7.62. The third kappa shape index (κ3) is 6.02. The molecule has 1 rings (SSSR count). The molecule has 1 aromatic rings. The second-order valence-electron chi connectivity index (χ2n) is 5.25. The van der Waals surface area contributed by atoms with Crippen molar-refractivity contribution < 1.29 is 14.3 Å². The molecule has 0 unspecified atom stereocenters. The van der Waals surface area contributed by atoms with Crippen LogP contribution in [-0.4, -0.2) is 26.2 Å². The lowest BCUT2D eigenvalue weighted by Gasteiger charge is -2.16. The Hall–Kier alpha value is -0.980. The number of rotatable bonds is 7. The van der Waals surface area contributed by atoms with Gasteiger partial charge in [-0.15, -0.1) is 12.4 Å². The lowest BCUT2D eigenvalue weighted by atomic mass is 10.0. The van der Waals surface area contributed by atoms with Gasteiger partial charge in [0.2, 0.25) is 5.91 Å². The fraction of sp³-hybridized carbons (Fsp3) is 0.533. The molecule has 22 heavy (non-hydrogen) atoms. The molecule has 1 aromatic carbocycles. The molecule has 126 valence electrons. The Kier molecular flexibility index (Phi) is 9.48. The van der Waals surface area contributed by atoms with Gasteiger partial charge in [0.25, 0.3) is 0 Å². The standard InChI is InChI=1S/C15H23BrN2O3.ClH/c1-9(2)5-12(17)15(19)18-8-10-6-13(20-3)14(21-4)7-11(10)16;/h6-7,9,12H,5,8,17H2,1-4H3,(H,18,19);1H/t12-;/m0./s1. The maximum Gasteiger partial charge on any atom is 0.237 e. The van der Waals surface area contributed by atoms with Gasteiger partial charge in [-0.3, -0.25) is 4.79 Å². The molecule has 0 aliphatic carbocycles. The SMILES string of the molecule is COc1cc(Br)c(CNC(=O)[C@@H](N)CC(C)C)cc1OC.Cl. The fourth-order valence-corrected chi connectivity index (χ4v) is 2.42. The summed E-state index contributed by atoms with van der Waals surface area (Å²) in [7, 11) is 3.16. The van der Waals surface area contributed by atoms with Gasteiger partial charge in [0, 0.05) is 11.0 Å². The molecule has 0 spiro atoms. The highest BCUT2D eigenvalue weighted by Crippen LogP contribution is 2.33. The Morgan fingerprint density at radius 1 is 1.27 bits per heavy atom. The van der Waals surface area contributed by atoms with E-state index >= 15 is 0 Å². The number of nitrogens with two attached hydrogens (primary N) is 1. The number of ether oxygens (including phenoxy) is 2. The molecule has 3 N–H and O–H groups in total. The number of halogens is 2. The number of hydrogen-bond donors (Lipinski definition) is 2. The first-order chi connectivity index (χ1) is 9.88. The summed E-state index contributed by atoms with van der Waals surface area (Å²) in [4.78, 5) is 11.9. The van der Waals surface area contributed by atoms with Crippen molar-refractivity contribution in [3.63, 3.8) is 0 Å². The van der Waals surface area contributed by atoms with Crippen LogP contribution in [0.3, 0.4) is 0 Å². The van der Waals surface area contributed by atoms with Crippen molar-refractivity contribution in [2.24, 2.45) is 11.7 Å². The highest BCUT2D eigenvalue weighted by atomic mass is 79.9. The van der Waals surface area contributed by atoms with Crippen LogP contribution in [-0.2, 0) is 11.3 Å². The summed E-state index contributed by atoms with van der Waals surface area (Å²) in [5.74, 6) is 1.50. The zero-order valence-electron chi connectivity index (χ0n) is 13.3. The summed E-state index contributed by atoms with van der Waals surface area (Å²) in [5, 5.41) is 2.84. The molecular weight excluding hydrogens is 372 g/mol. The average Bonchev–Trinajstić information content (AvgIpc) is 2.44. The lowest BCUT2D eigenvalue weighted by molar-refractivity contribution is -0.122. The maximum absolute atomic E-state index is 11.9. The topological polar surface area (TPSA) is 73.6 Å². The zero-order chi connectivity index (χ0) is 16.0. The Balaban J connectivity index is 0.00000441. The largest absolute Gasteiger partial charge is 0.493 e. The van der Waals surface area contributed by atoms with Crippen LogP contribution < -0.4 is 20.5 Å². The number of hydrogen-bond acceptors (Lipinski definition) is 4. The number of carbonyl (C=O) groups is 1. The van der Waals surface area contributed by atoms with E-state index in [1.54, 1.807) is 14.2 Å². The molecule has 0 fully saturated rings. The second kappa shape index (κ2) is 9.92. The lowest BCUT2D eigenvalue weighted by Crippen LogP contribution is -2.41. The molecule has 5 nitrogen and oxygen atoms in total. The minimum absolute atomic E-state index is 0. The average molecular weight is 396 g/mol. The fourth-order valence-electron chi connectivity index (χ4n) is 1.96. The van der Waals surface area contributed by atoms with Crippen LogP contribution >= 0.6 is 28.3 Å². The first kappa shape index (κ1) is 21.0. The Morgan fingerprint density at radius 3 is 2.32 bits per heavy atom. The van der Waals surface area contributed by atoms with Gasteiger partial charge in [0.15, 0.2) is 11.5 Å². The first-order valence-electron chi connectivity index (χ1n) is 6.82. The second-order valence-corrected chi connectivity index (χ2v) is 6.11. The van der Waals surface area contributed by atoms with Gasteiger partial charge in [0.05, 0.1) is 20.3 Å². The Labute approximate surface area is 146 Å². The normalized spacial score (nSPS) is 11.6. The summed E-state index contributed by atoms with van der Waals surface area (Å²) < 4.78 is 11.3. The summed E-state index contributed by atoms with van der Waals surface area (Å²) in [5.41, 5.74) is 6.75. The zero-order valence-corrected chi connectivity index (χ0v) is 15.7. The highest BCUT2D eigenvalue weighted by molar-refractivity contribution is 9.10. The van der Waals surface area contributed by atoms with Gasteiger partial charge in [0.1, 0.15) is 0 Å². The minimum atomic E-state index is -0.482. The predicted molar refractivity (Wildman–Crippen MR) is 93.8 cm³/mol. The predicted octanol–water partition coefficient (Wildman–Crippen LogP) is 2.88. The number of nitrogens with one attached hydrogen (secondary N) is 1. The number of amides is 1. The molecule has 0 aliphatic rings. The summed E-state index contributed by atoms with van der Waals surface area (Å²) >= 11 is 3.46. The third-order valence-electron chi connectivity index (χ3n) is 3.07. The number of carbonyl (C=O) groups excluding carboxylic acids is 1. The van der Waals surface area contributed by atoms with E-state index < -0.39 is 6.04 Å². The van der Waals surface area contributed by atoms with Crippen molar-refractivity contribution in [2.75, 3.05) is 14.2 Å². The molecule has 0 aliphatic heterocycles. The van der Waals surface area contributed by atoms with Crippen LogP contribution in [0.25, 0.3) is 0 Å². The van der Waals surface area contributed by atoms with E-state index in [2.05, 4.69) is 21.2 Å². The molecular formula is C15H24BrClN2O3. The van der Waals surface area contributed by atoms with E-state index in [9.17, 15) is 4.79 Å². The van der Waals surface area contributed by atoms with Crippen LogP contribution in [0.5, 0.6) is 11.5 Å². The van der Waals surface area contributed by atoms with Gasteiger partial charge in [-0.2, -0.15) is 0 Å². The molecule has 0 bridgehead atoms. The van der Waals surface area contributed by atoms with Crippen molar-refractivity contribution >= 4 is 34.2 Å². The van der Waals surface area contributed by atoms with E-state index in [-0.39, 0.29) is 18.3 Å². The molecule has 1 amide bonds. The summed E-state index contributed by atoms with van der Waals surface area (Å²) in [6.45, 7) is 4.46. The Morgan fingerprint density at radius 2 is 1.82 bits per heavy atom. The maximum atomic E-state index is 11.9. The van der Waals surface area contributed by atoms with E-state index in [4.69, 9.17) is 15.2 Å². The Bertz CT molecular complexity index is 498. The summed E-state index contributed by atoms with van der Waals surface area (Å²) in [6.07, 6.45) is 0.666. The molecule has 0 radical (unpaired) electrons. The molecule has 0 heterocycles. The smallest absolute Gasteiger partial charge is 0.237 e. The van der Waals surface area contributed by atoms with E-state index in [1.807, 2.05) is 26.0 Å². The molecule has 0 saturated carbocycles. The van der Waals surface area contributed by atoms with Gasteiger partial charge in [-0.05, 0) is 30.0 Å². The van der Waals surface area contributed by atoms with Crippen molar-refractivity contribution in [3.05, 3.63) is 22.2 Å². The third-order valence-corrected chi connectivity index (χ3v) is 3.81. The summed E-state index contributed by atoms with van der Waals surface area (Å²) in [6, 6.07) is 3.16. The highest BCUT2D eigenvalue weighted by Gasteiger charge is 2.16. The van der Waals surface area contributed by atoms with Gasteiger partial charge >= 0.3 is 0 Å². The van der Waals surface area contributed by atoms with Gasteiger partial charge < -0.3 is 20.5 Å². The monoisotopic (exact) mass is 394 g/mol. The minimum Gasteiger partial charge on any atom is -0.493 e. The van der Waals surface area contributed by atoms with Crippen LogP contribution in [0.2, 0.25) is 0 Å². The van der Waals surface area contributed by atoms with Gasteiger partial charge in [-0.1, -0.05) is 29.8 Å². The molecule has 0 saturated heterocycles. The van der Waals surface area contributed by atoms with Crippen LogP contribution in [0.4, 0.5) is 0 Å². The molecule has 0 aromatic heterocycles. The van der Waals surface area contributed by atoms with E-state index in [0.29, 0.717) is 30.4 Å². The quantitative estimate of drug-likeness (QED) is 0.744. The molecule has 1 atom stereocenters. The van der Waals surface area contributed by atoms with Crippen LogP contribution in [0, 0.1) is 5.92 Å².